The van der Waals surface area contributed by atoms with Crippen molar-refractivity contribution < 1.29 is 0 Å². The fourth-order valence-corrected chi connectivity index (χ4v) is 3.42. The molecule has 3 nitrogen and oxygen atoms in total. The van der Waals surface area contributed by atoms with Crippen LogP contribution in [0.2, 0.25) is 0 Å². The van der Waals surface area contributed by atoms with E-state index in [0.29, 0.717) is 12.0 Å². The van der Waals surface area contributed by atoms with Crippen LogP contribution in [0.5, 0.6) is 0 Å². The maximum Gasteiger partial charge on any atom is 0.125 e. The third-order valence-corrected chi connectivity index (χ3v) is 4.62. The monoisotopic (exact) mass is 273 g/mol. The lowest BCUT2D eigenvalue weighted by atomic mass is 9.78. The highest BCUT2D eigenvalue weighted by Gasteiger charge is 2.29. The van der Waals surface area contributed by atoms with Crippen molar-refractivity contribution >= 4 is 11.3 Å². The van der Waals surface area contributed by atoms with Crippen LogP contribution in [0.15, 0.2) is 24.3 Å². The molecule has 0 aliphatic heterocycles. The van der Waals surface area contributed by atoms with Crippen LogP contribution in [0.1, 0.15) is 40.9 Å². The topological polar surface area (TPSA) is 37.8 Å². The Hall–Kier alpha value is -1.26. The molecule has 1 aliphatic carbocycles. The molecule has 1 aliphatic rings. The second-order valence-electron chi connectivity index (χ2n) is 5.35. The average molecular weight is 273 g/mol. The smallest absolute Gasteiger partial charge is 0.125 e. The van der Waals surface area contributed by atoms with Gasteiger partial charge in [-0.25, -0.2) is 0 Å². The van der Waals surface area contributed by atoms with Crippen molar-refractivity contribution in [1.82, 2.24) is 15.5 Å². The van der Waals surface area contributed by atoms with Gasteiger partial charge in [0, 0.05) is 24.9 Å². The summed E-state index contributed by atoms with van der Waals surface area (Å²) in [4.78, 5) is 0. The largest absolute Gasteiger partial charge is 0.314 e. The van der Waals surface area contributed by atoms with Gasteiger partial charge in [-0.3, -0.25) is 0 Å². The summed E-state index contributed by atoms with van der Waals surface area (Å²) in [5, 5.41) is 14.4. The number of nitrogens with one attached hydrogen (secondary N) is 1. The summed E-state index contributed by atoms with van der Waals surface area (Å²) in [7, 11) is 0. The van der Waals surface area contributed by atoms with Crippen LogP contribution in [0.4, 0.5) is 0 Å². The van der Waals surface area contributed by atoms with E-state index in [4.69, 9.17) is 0 Å². The minimum atomic E-state index is 0.487. The molecule has 0 radical (unpaired) electrons. The fourth-order valence-electron chi connectivity index (χ4n) is 2.46. The van der Waals surface area contributed by atoms with Gasteiger partial charge in [0.25, 0.3) is 0 Å². The fraction of sp³-hybridized carbons (Fsp3) is 0.467. The number of aromatic nitrogens is 2. The first-order chi connectivity index (χ1) is 9.24. The predicted octanol–water partition coefficient (Wildman–Crippen LogP) is 2.77. The van der Waals surface area contributed by atoms with Crippen LogP contribution in [-0.4, -0.2) is 22.8 Å². The molecule has 19 heavy (non-hydrogen) atoms. The summed E-state index contributed by atoms with van der Waals surface area (Å²) in [5.41, 5.74) is 2.90. The normalized spacial score (nSPS) is 17.3. The zero-order valence-electron chi connectivity index (χ0n) is 11.4. The predicted molar refractivity (Wildman–Crippen MR) is 78.7 cm³/mol. The van der Waals surface area contributed by atoms with Crippen LogP contribution >= 0.6 is 11.3 Å². The summed E-state index contributed by atoms with van der Waals surface area (Å²) >= 11 is 1.77. The van der Waals surface area contributed by atoms with Crippen molar-refractivity contribution in [3.8, 4) is 0 Å². The lowest BCUT2D eigenvalue weighted by Gasteiger charge is -2.27. The van der Waals surface area contributed by atoms with Crippen molar-refractivity contribution in [3.05, 3.63) is 45.4 Å². The molecule has 1 unspecified atom stereocenters. The highest BCUT2D eigenvalue weighted by atomic mass is 32.1. The molecular formula is C15H19N3S. The lowest BCUT2D eigenvalue weighted by molar-refractivity contribution is 0.588. The molecule has 0 fully saturated rings. The van der Waals surface area contributed by atoms with Gasteiger partial charge in [-0.15, -0.1) is 21.5 Å². The molecule has 1 N–H and O–H groups in total. The van der Waals surface area contributed by atoms with Crippen molar-refractivity contribution in [1.29, 1.82) is 0 Å². The van der Waals surface area contributed by atoms with E-state index in [-0.39, 0.29) is 0 Å². The maximum atomic E-state index is 4.38. The zero-order valence-corrected chi connectivity index (χ0v) is 12.2. The van der Waals surface area contributed by atoms with E-state index in [2.05, 4.69) is 53.6 Å². The summed E-state index contributed by atoms with van der Waals surface area (Å²) in [6.45, 7) is 5.31. The van der Waals surface area contributed by atoms with Crippen LogP contribution in [0, 0.1) is 0 Å². The van der Waals surface area contributed by atoms with Crippen LogP contribution in [-0.2, 0) is 12.8 Å². The highest BCUT2D eigenvalue weighted by molar-refractivity contribution is 7.11. The zero-order chi connectivity index (χ0) is 13.2. The SMILES string of the molecule is CC(C)NCCc1nnc(C2Cc3ccccc32)s1. The van der Waals surface area contributed by atoms with Gasteiger partial charge in [-0.2, -0.15) is 0 Å². The van der Waals surface area contributed by atoms with Gasteiger partial charge in [0.1, 0.15) is 10.0 Å². The van der Waals surface area contributed by atoms with E-state index in [1.54, 1.807) is 11.3 Å². The van der Waals surface area contributed by atoms with Crippen LogP contribution in [0.25, 0.3) is 0 Å². The Bertz CT molecular complexity index is 562. The van der Waals surface area contributed by atoms with Crippen molar-refractivity contribution in [3.63, 3.8) is 0 Å². The van der Waals surface area contributed by atoms with Gasteiger partial charge in [0.05, 0.1) is 0 Å². The Morgan fingerprint density at radius 1 is 1.32 bits per heavy atom. The van der Waals surface area contributed by atoms with E-state index in [1.807, 2.05) is 0 Å². The highest BCUT2D eigenvalue weighted by Crippen LogP contribution is 2.40. The van der Waals surface area contributed by atoms with Crippen molar-refractivity contribution in [2.24, 2.45) is 0 Å². The summed E-state index contributed by atoms with van der Waals surface area (Å²) in [6.07, 6.45) is 2.10. The van der Waals surface area contributed by atoms with Crippen molar-refractivity contribution in [2.45, 2.75) is 38.6 Å². The average Bonchev–Trinajstić information content (AvgIpc) is 2.79. The molecule has 0 bridgehead atoms. The van der Waals surface area contributed by atoms with Gasteiger partial charge in [-0.05, 0) is 17.5 Å². The van der Waals surface area contributed by atoms with Crippen molar-refractivity contribution in [2.75, 3.05) is 6.54 Å². The molecule has 1 aromatic carbocycles. The summed E-state index contributed by atoms with van der Waals surface area (Å²) in [6, 6.07) is 9.18. The minimum absolute atomic E-state index is 0.487. The Labute approximate surface area is 118 Å². The van der Waals surface area contributed by atoms with Gasteiger partial charge >= 0.3 is 0 Å². The third kappa shape index (κ3) is 2.69. The number of nitrogens with zero attached hydrogens (tertiary/aromatic N) is 2. The first-order valence-electron chi connectivity index (χ1n) is 6.87. The van der Waals surface area contributed by atoms with Gasteiger partial charge in [0.15, 0.2) is 0 Å². The molecule has 0 saturated carbocycles. The molecule has 1 atom stereocenters. The van der Waals surface area contributed by atoms with E-state index in [9.17, 15) is 0 Å². The summed E-state index contributed by atoms with van der Waals surface area (Å²) < 4.78 is 0. The molecular weight excluding hydrogens is 254 g/mol. The number of hydrogen-bond donors (Lipinski definition) is 1. The Balaban J connectivity index is 1.63. The minimum Gasteiger partial charge on any atom is -0.314 e. The molecule has 0 amide bonds. The van der Waals surface area contributed by atoms with E-state index in [0.717, 1.165) is 24.4 Å². The van der Waals surface area contributed by atoms with Gasteiger partial charge in [0.2, 0.25) is 0 Å². The lowest BCUT2D eigenvalue weighted by Crippen LogP contribution is -2.24. The molecule has 100 valence electrons. The molecule has 0 saturated heterocycles. The van der Waals surface area contributed by atoms with E-state index >= 15 is 0 Å². The first-order valence-corrected chi connectivity index (χ1v) is 7.69. The summed E-state index contributed by atoms with van der Waals surface area (Å²) in [5.74, 6) is 0.487. The number of fused-ring (bicyclic) bond motifs is 1. The van der Waals surface area contributed by atoms with E-state index < -0.39 is 0 Å². The Morgan fingerprint density at radius 2 is 2.16 bits per heavy atom. The molecule has 3 rings (SSSR count). The standard InChI is InChI=1S/C15H19N3S/c1-10(2)16-8-7-14-17-18-15(19-14)13-9-11-5-3-4-6-12(11)13/h3-6,10,13,16H,7-9H2,1-2H3. The van der Waals surface area contributed by atoms with Crippen LogP contribution in [0.3, 0.4) is 0 Å². The quantitative estimate of drug-likeness (QED) is 0.910. The Kier molecular flexibility index (Phi) is 3.62. The maximum absolute atomic E-state index is 4.38. The third-order valence-electron chi connectivity index (χ3n) is 3.53. The molecule has 2 aromatic rings. The number of hydrogen-bond acceptors (Lipinski definition) is 4. The molecule has 1 heterocycles. The number of rotatable bonds is 5. The molecule has 1 aromatic heterocycles. The molecule has 0 spiro atoms. The second-order valence-corrected chi connectivity index (χ2v) is 6.44. The van der Waals surface area contributed by atoms with E-state index in [1.165, 1.54) is 16.1 Å². The first kappa shape index (κ1) is 12.8. The van der Waals surface area contributed by atoms with Crippen LogP contribution < -0.4 is 5.32 Å². The molecule has 4 heteroatoms. The number of benzene rings is 1. The second kappa shape index (κ2) is 5.39. The Morgan fingerprint density at radius 3 is 2.95 bits per heavy atom. The van der Waals surface area contributed by atoms with Gasteiger partial charge in [-0.1, -0.05) is 38.1 Å². The van der Waals surface area contributed by atoms with Gasteiger partial charge < -0.3 is 5.32 Å².